The summed E-state index contributed by atoms with van der Waals surface area (Å²) < 4.78 is 26.7. The van der Waals surface area contributed by atoms with E-state index in [-0.39, 0.29) is 21.6 Å². The van der Waals surface area contributed by atoms with Gasteiger partial charge in [0.2, 0.25) is 0 Å². The molecule has 0 unspecified atom stereocenters. The summed E-state index contributed by atoms with van der Waals surface area (Å²) in [6.45, 7) is 2.35. The molecule has 0 fully saturated rings. The highest BCUT2D eigenvalue weighted by Crippen LogP contribution is 2.34. The van der Waals surface area contributed by atoms with Crippen LogP contribution in [0.1, 0.15) is 13.8 Å². The van der Waals surface area contributed by atoms with Crippen molar-refractivity contribution in [2.45, 2.75) is 18.7 Å². The van der Waals surface area contributed by atoms with Crippen molar-refractivity contribution < 1.29 is 28.1 Å². The molecule has 11 nitrogen and oxygen atoms in total. The standard InChI is InChI=1S/C18H18N4O7S/c1-18(2,11-23)17(24)29-20-15-13-8-9-21(16(13)19-10-14(15)22(25)26)30(27,28)12-6-4-3-5-7-12/h3-10,23H,11H2,1-2H3,(H,19,20). The fourth-order valence-electron chi connectivity index (χ4n) is 2.50. The highest BCUT2D eigenvalue weighted by molar-refractivity contribution is 7.90. The third kappa shape index (κ3) is 3.69. The summed E-state index contributed by atoms with van der Waals surface area (Å²) in [5.41, 5.74) is 0.122. The van der Waals surface area contributed by atoms with Gasteiger partial charge in [-0.15, -0.1) is 0 Å². The number of carbonyl (C=O) groups is 1. The summed E-state index contributed by atoms with van der Waals surface area (Å²) in [6.07, 6.45) is 2.07. The Balaban J connectivity index is 2.10. The van der Waals surface area contributed by atoms with Gasteiger partial charge in [0.05, 0.1) is 27.2 Å². The van der Waals surface area contributed by atoms with E-state index in [4.69, 9.17) is 4.84 Å². The summed E-state index contributed by atoms with van der Waals surface area (Å²) in [7, 11) is -4.01. The molecule has 0 aliphatic heterocycles. The van der Waals surface area contributed by atoms with Crippen LogP contribution in [0.5, 0.6) is 0 Å². The SMILES string of the molecule is CC(C)(CO)C(=O)ONc1c([N+](=O)[O-])cnc2c1ccn2S(=O)(=O)c1ccccc1. The second-order valence-corrected chi connectivity index (χ2v) is 8.79. The number of carbonyl (C=O) groups excluding carboxylic acids is 1. The average molecular weight is 434 g/mol. The van der Waals surface area contributed by atoms with Crippen molar-refractivity contribution in [3.8, 4) is 0 Å². The largest absolute Gasteiger partial charge is 0.395 e. The number of pyridine rings is 1. The van der Waals surface area contributed by atoms with Gasteiger partial charge >= 0.3 is 11.7 Å². The van der Waals surface area contributed by atoms with Crippen molar-refractivity contribution in [2.75, 3.05) is 12.1 Å². The molecule has 0 aliphatic rings. The lowest BCUT2D eigenvalue weighted by Gasteiger charge is -2.19. The summed E-state index contributed by atoms with van der Waals surface area (Å²) >= 11 is 0. The van der Waals surface area contributed by atoms with Crippen molar-refractivity contribution in [3.63, 3.8) is 0 Å². The third-order valence-corrected chi connectivity index (χ3v) is 6.03. The van der Waals surface area contributed by atoms with E-state index in [1.807, 2.05) is 0 Å². The number of nitro groups is 1. The molecule has 0 saturated heterocycles. The monoisotopic (exact) mass is 434 g/mol. The van der Waals surface area contributed by atoms with Gasteiger partial charge in [-0.2, -0.15) is 0 Å². The maximum atomic E-state index is 12.9. The molecule has 0 aliphatic carbocycles. The topological polar surface area (TPSA) is 154 Å². The molecule has 2 aromatic heterocycles. The molecule has 0 radical (unpaired) electrons. The Hall–Kier alpha value is -3.51. The number of hydrogen-bond acceptors (Lipinski definition) is 9. The van der Waals surface area contributed by atoms with Gasteiger partial charge in [-0.05, 0) is 32.0 Å². The summed E-state index contributed by atoms with van der Waals surface area (Å²) in [5, 5.41) is 20.7. The number of nitrogens with one attached hydrogen (secondary N) is 1. The molecule has 0 bridgehead atoms. The maximum absolute atomic E-state index is 12.9. The van der Waals surface area contributed by atoms with Crippen molar-refractivity contribution in [1.29, 1.82) is 0 Å². The van der Waals surface area contributed by atoms with Crippen LogP contribution in [0, 0.1) is 15.5 Å². The zero-order valence-corrected chi connectivity index (χ0v) is 16.8. The fraction of sp³-hybridized carbons (Fsp3) is 0.222. The van der Waals surface area contributed by atoms with Gasteiger partial charge in [-0.1, -0.05) is 18.2 Å². The van der Waals surface area contributed by atoms with E-state index in [2.05, 4.69) is 10.5 Å². The predicted octanol–water partition coefficient (Wildman–Crippen LogP) is 2.07. The van der Waals surface area contributed by atoms with Gasteiger partial charge in [0, 0.05) is 6.20 Å². The van der Waals surface area contributed by atoms with Gasteiger partial charge in [0.15, 0.2) is 11.3 Å². The zero-order valence-electron chi connectivity index (χ0n) is 16.0. The van der Waals surface area contributed by atoms with E-state index in [0.717, 1.165) is 10.2 Å². The van der Waals surface area contributed by atoms with E-state index in [0.29, 0.717) is 0 Å². The number of hydrogen-bond donors (Lipinski definition) is 2. The fourth-order valence-corrected chi connectivity index (χ4v) is 3.82. The summed E-state index contributed by atoms with van der Waals surface area (Å²) in [6, 6.07) is 8.91. The van der Waals surface area contributed by atoms with Crippen LogP contribution >= 0.6 is 0 Å². The van der Waals surface area contributed by atoms with Crippen LogP contribution in [-0.4, -0.2) is 40.0 Å². The van der Waals surface area contributed by atoms with E-state index in [1.54, 1.807) is 18.2 Å². The van der Waals surface area contributed by atoms with Crippen molar-refractivity contribution in [2.24, 2.45) is 5.41 Å². The van der Waals surface area contributed by atoms with Crippen molar-refractivity contribution >= 4 is 38.4 Å². The summed E-state index contributed by atoms with van der Waals surface area (Å²) in [5.74, 6) is -0.861. The smallest absolute Gasteiger partial charge is 0.339 e. The van der Waals surface area contributed by atoms with Gasteiger partial charge in [-0.25, -0.2) is 27.6 Å². The van der Waals surface area contributed by atoms with Crippen molar-refractivity contribution in [3.05, 3.63) is 58.9 Å². The first kappa shape index (κ1) is 21.2. The van der Waals surface area contributed by atoms with Crippen LogP contribution in [0.25, 0.3) is 11.0 Å². The molecule has 30 heavy (non-hydrogen) atoms. The lowest BCUT2D eigenvalue weighted by molar-refractivity contribution is -0.384. The number of fused-ring (bicyclic) bond motifs is 1. The van der Waals surface area contributed by atoms with Crippen LogP contribution in [0.3, 0.4) is 0 Å². The molecule has 0 spiro atoms. The number of aliphatic hydroxyl groups excluding tert-OH is 1. The number of aliphatic hydroxyl groups is 1. The van der Waals surface area contributed by atoms with Crippen LogP contribution < -0.4 is 5.48 Å². The highest BCUT2D eigenvalue weighted by Gasteiger charge is 2.31. The highest BCUT2D eigenvalue weighted by atomic mass is 32.2. The minimum Gasteiger partial charge on any atom is -0.395 e. The molecule has 12 heteroatoms. The normalized spacial score (nSPS) is 12.0. The number of anilines is 1. The number of nitrogens with zero attached hydrogens (tertiary/aromatic N) is 3. The molecule has 2 N–H and O–H groups in total. The Labute approximate surface area is 171 Å². The van der Waals surface area contributed by atoms with Crippen LogP contribution in [0.4, 0.5) is 11.4 Å². The van der Waals surface area contributed by atoms with E-state index in [9.17, 15) is 28.4 Å². The Morgan fingerprint density at radius 3 is 2.57 bits per heavy atom. The Morgan fingerprint density at radius 1 is 1.30 bits per heavy atom. The number of benzene rings is 1. The van der Waals surface area contributed by atoms with Gasteiger partial charge in [-0.3, -0.25) is 10.1 Å². The second-order valence-electron chi connectivity index (χ2n) is 6.98. The molecule has 2 heterocycles. The molecule has 0 atom stereocenters. The first-order chi connectivity index (χ1) is 14.1. The van der Waals surface area contributed by atoms with E-state index in [1.165, 1.54) is 38.2 Å². The lowest BCUT2D eigenvalue weighted by Crippen LogP contribution is -2.31. The average Bonchev–Trinajstić information content (AvgIpc) is 3.17. The zero-order chi connectivity index (χ0) is 22.1. The lowest BCUT2D eigenvalue weighted by atomic mass is 9.96. The van der Waals surface area contributed by atoms with Gasteiger partial charge in [0.25, 0.3) is 10.0 Å². The molecule has 0 saturated carbocycles. The van der Waals surface area contributed by atoms with Crippen LogP contribution in [-0.2, 0) is 19.7 Å². The first-order valence-electron chi connectivity index (χ1n) is 8.63. The van der Waals surface area contributed by atoms with Gasteiger partial charge in [0.1, 0.15) is 6.20 Å². The van der Waals surface area contributed by atoms with Crippen LogP contribution in [0.15, 0.2) is 53.7 Å². The predicted molar refractivity (Wildman–Crippen MR) is 106 cm³/mol. The number of aromatic nitrogens is 2. The van der Waals surface area contributed by atoms with E-state index < -0.39 is 38.6 Å². The van der Waals surface area contributed by atoms with Crippen molar-refractivity contribution in [1.82, 2.24) is 8.96 Å². The Kier molecular flexibility index (Phi) is 5.46. The van der Waals surface area contributed by atoms with E-state index >= 15 is 0 Å². The third-order valence-electron chi connectivity index (χ3n) is 4.35. The number of rotatable bonds is 7. The maximum Gasteiger partial charge on any atom is 0.339 e. The minimum absolute atomic E-state index is 0.00767. The molecular weight excluding hydrogens is 416 g/mol. The Bertz CT molecular complexity index is 1220. The second kappa shape index (κ2) is 7.72. The molecule has 3 rings (SSSR count). The minimum atomic E-state index is -4.01. The van der Waals surface area contributed by atoms with Gasteiger partial charge < -0.3 is 9.94 Å². The quantitative estimate of drug-likeness (QED) is 0.420. The molecule has 1 aromatic carbocycles. The Morgan fingerprint density at radius 2 is 1.97 bits per heavy atom. The molecule has 0 amide bonds. The molecular formula is C18H18N4O7S. The first-order valence-corrected chi connectivity index (χ1v) is 10.1. The molecule has 3 aromatic rings. The molecule has 158 valence electrons. The van der Waals surface area contributed by atoms with Crippen LogP contribution in [0.2, 0.25) is 0 Å². The summed E-state index contributed by atoms with van der Waals surface area (Å²) in [4.78, 5) is 31.6.